The first-order chi connectivity index (χ1) is 10.7. The normalized spacial score (nSPS) is 14.7. The van der Waals surface area contributed by atoms with Gasteiger partial charge in [0.1, 0.15) is 4.60 Å². The number of rotatable bonds is 3. The van der Waals surface area contributed by atoms with Crippen molar-refractivity contribution in [1.82, 2.24) is 4.98 Å². The van der Waals surface area contributed by atoms with Crippen LogP contribution in [-0.2, 0) is 4.74 Å². The van der Waals surface area contributed by atoms with Gasteiger partial charge in [0.15, 0.2) is 0 Å². The van der Waals surface area contributed by atoms with Crippen molar-refractivity contribution in [3.05, 3.63) is 52.8 Å². The SMILES string of the molecule is O=C(Nc1ccc(N2CCOCC2)cc1)c1cccnc1Br. The van der Waals surface area contributed by atoms with Crippen LogP contribution in [0.25, 0.3) is 0 Å². The van der Waals surface area contributed by atoms with E-state index in [9.17, 15) is 4.79 Å². The van der Waals surface area contributed by atoms with Gasteiger partial charge in [0.05, 0.1) is 18.8 Å². The minimum atomic E-state index is -0.181. The Morgan fingerprint density at radius 3 is 2.59 bits per heavy atom. The van der Waals surface area contributed by atoms with Crippen LogP contribution in [0.15, 0.2) is 47.2 Å². The molecule has 0 saturated carbocycles. The molecule has 1 fully saturated rings. The first-order valence-corrected chi connectivity index (χ1v) is 7.88. The summed E-state index contributed by atoms with van der Waals surface area (Å²) < 4.78 is 5.89. The van der Waals surface area contributed by atoms with Crippen molar-refractivity contribution in [1.29, 1.82) is 0 Å². The average molecular weight is 362 g/mol. The second-order valence-corrected chi connectivity index (χ2v) is 5.69. The fraction of sp³-hybridized carbons (Fsp3) is 0.250. The first kappa shape index (κ1) is 15.0. The lowest BCUT2D eigenvalue weighted by Gasteiger charge is -2.28. The second kappa shape index (κ2) is 6.89. The highest BCUT2D eigenvalue weighted by molar-refractivity contribution is 9.10. The number of carbonyl (C=O) groups excluding carboxylic acids is 1. The lowest BCUT2D eigenvalue weighted by Crippen LogP contribution is -2.36. The molecule has 1 aromatic heterocycles. The lowest BCUT2D eigenvalue weighted by atomic mass is 10.2. The summed E-state index contributed by atoms with van der Waals surface area (Å²) in [5.41, 5.74) is 2.42. The molecular weight excluding hydrogens is 346 g/mol. The maximum atomic E-state index is 12.2. The summed E-state index contributed by atoms with van der Waals surface area (Å²) in [5, 5.41) is 2.88. The molecule has 1 aromatic carbocycles. The Labute approximate surface area is 137 Å². The number of morpholine rings is 1. The summed E-state index contributed by atoms with van der Waals surface area (Å²) in [7, 11) is 0. The summed E-state index contributed by atoms with van der Waals surface area (Å²) in [6.45, 7) is 3.31. The van der Waals surface area contributed by atoms with E-state index in [1.165, 1.54) is 0 Å². The van der Waals surface area contributed by atoms with E-state index in [0.29, 0.717) is 10.2 Å². The molecule has 0 atom stereocenters. The molecule has 1 amide bonds. The van der Waals surface area contributed by atoms with Gasteiger partial charge in [-0.15, -0.1) is 0 Å². The third-order valence-corrected chi connectivity index (χ3v) is 4.14. The van der Waals surface area contributed by atoms with E-state index in [4.69, 9.17) is 4.74 Å². The molecule has 0 radical (unpaired) electrons. The van der Waals surface area contributed by atoms with Gasteiger partial charge in [-0.2, -0.15) is 0 Å². The number of hydrogen-bond donors (Lipinski definition) is 1. The van der Waals surface area contributed by atoms with Gasteiger partial charge in [0.2, 0.25) is 0 Å². The molecule has 1 saturated heterocycles. The third-order valence-electron chi connectivity index (χ3n) is 3.51. The van der Waals surface area contributed by atoms with Crippen molar-refractivity contribution in [3.63, 3.8) is 0 Å². The predicted octanol–water partition coefficient (Wildman–Crippen LogP) is 2.93. The fourth-order valence-electron chi connectivity index (χ4n) is 2.33. The topological polar surface area (TPSA) is 54.5 Å². The number of anilines is 2. The number of nitrogens with one attached hydrogen (secondary N) is 1. The molecule has 1 N–H and O–H groups in total. The maximum Gasteiger partial charge on any atom is 0.258 e. The molecule has 1 aliphatic rings. The zero-order valence-electron chi connectivity index (χ0n) is 12.0. The van der Waals surface area contributed by atoms with Crippen molar-refractivity contribution >= 4 is 33.2 Å². The van der Waals surface area contributed by atoms with E-state index in [1.807, 2.05) is 24.3 Å². The molecule has 0 aliphatic carbocycles. The fourth-order valence-corrected chi connectivity index (χ4v) is 2.76. The largest absolute Gasteiger partial charge is 0.378 e. The van der Waals surface area contributed by atoms with E-state index in [0.717, 1.165) is 37.7 Å². The van der Waals surface area contributed by atoms with Gasteiger partial charge < -0.3 is 15.0 Å². The van der Waals surface area contributed by atoms with E-state index in [-0.39, 0.29) is 5.91 Å². The van der Waals surface area contributed by atoms with Crippen LogP contribution in [0.1, 0.15) is 10.4 Å². The lowest BCUT2D eigenvalue weighted by molar-refractivity contribution is 0.102. The van der Waals surface area contributed by atoms with Gasteiger partial charge in [-0.25, -0.2) is 4.98 Å². The Bertz CT molecular complexity index is 655. The zero-order chi connectivity index (χ0) is 15.4. The highest BCUT2D eigenvalue weighted by Gasteiger charge is 2.12. The molecule has 2 aromatic rings. The Kier molecular flexibility index (Phi) is 4.70. The summed E-state index contributed by atoms with van der Waals surface area (Å²) in [6.07, 6.45) is 1.64. The van der Waals surface area contributed by atoms with Crippen LogP contribution < -0.4 is 10.2 Å². The minimum Gasteiger partial charge on any atom is -0.378 e. The van der Waals surface area contributed by atoms with Crippen molar-refractivity contribution in [2.75, 3.05) is 36.5 Å². The van der Waals surface area contributed by atoms with E-state index in [2.05, 4.69) is 31.1 Å². The Morgan fingerprint density at radius 1 is 1.18 bits per heavy atom. The van der Waals surface area contributed by atoms with Crippen molar-refractivity contribution in [3.8, 4) is 0 Å². The molecule has 0 spiro atoms. The van der Waals surface area contributed by atoms with E-state index >= 15 is 0 Å². The minimum absolute atomic E-state index is 0.181. The van der Waals surface area contributed by atoms with E-state index in [1.54, 1.807) is 18.3 Å². The Balaban J connectivity index is 1.68. The van der Waals surface area contributed by atoms with Gasteiger partial charge in [0, 0.05) is 30.7 Å². The monoisotopic (exact) mass is 361 g/mol. The zero-order valence-corrected chi connectivity index (χ0v) is 13.5. The number of nitrogens with zero attached hydrogens (tertiary/aromatic N) is 2. The number of amides is 1. The van der Waals surface area contributed by atoms with Gasteiger partial charge in [-0.05, 0) is 52.3 Å². The molecule has 0 unspecified atom stereocenters. The Morgan fingerprint density at radius 2 is 1.91 bits per heavy atom. The smallest absolute Gasteiger partial charge is 0.258 e. The highest BCUT2D eigenvalue weighted by atomic mass is 79.9. The molecular formula is C16H16BrN3O2. The van der Waals surface area contributed by atoms with Crippen molar-refractivity contribution in [2.45, 2.75) is 0 Å². The van der Waals surface area contributed by atoms with Crippen LogP contribution >= 0.6 is 15.9 Å². The molecule has 22 heavy (non-hydrogen) atoms. The predicted molar refractivity (Wildman–Crippen MR) is 89.4 cm³/mol. The molecule has 5 nitrogen and oxygen atoms in total. The summed E-state index contributed by atoms with van der Waals surface area (Å²) in [6, 6.07) is 11.3. The van der Waals surface area contributed by atoms with Gasteiger partial charge in [-0.3, -0.25) is 4.79 Å². The van der Waals surface area contributed by atoms with Crippen molar-refractivity contribution in [2.24, 2.45) is 0 Å². The molecule has 6 heteroatoms. The summed E-state index contributed by atoms with van der Waals surface area (Å²) >= 11 is 3.28. The number of carbonyl (C=O) groups is 1. The maximum absolute atomic E-state index is 12.2. The van der Waals surface area contributed by atoms with Crippen molar-refractivity contribution < 1.29 is 9.53 Å². The van der Waals surface area contributed by atoms with Gasteiger partial charge in [-0.1, -0.05) is 0 Å². The van der Waals surface area contributed by atoms with Crippen LogP contribution in [0.5, 0.6) is 0 Å². The van der Waals surface area contributed by atoms with Crippen LogP contribution in [-0.4, -0.2) is 37.2 Å². The average Bonchev–Trinajstić information content (AvgIpc) is 2.57. The second-order valence-electron chi connectivity index (χ2n) is 4.94. The summed E-state index contributed by atoms with van der Waals surface area (Å²) in [4.78, 5) is 18.5. The van der Waals surface area contributed by atoms with Crippen LogP contribution in [0.3, 0.4) is 0 Å². The highest BCUT2D eigenvalue weighted by Crippen LogP contribution is 2.20. The number of pyridine rings is 1. The number of halogens is 1. The summed E-state index contributed by atoms with van der Waals surface area (Å²) in [5.74, 6) is -0.181. The molecule has 1 aliphatic heterocycles. The molecule has 0 bridgehead atoms. The molecule has 3 rings (SSSR count). The van der Waals surface area contributed by atoms with Gasteiger partial charge >= 0.3 is 0 Å². The number of aromatic nitrogens is 1. The number of benzene rings is 1. The quantitative estimate of drug-likeness (QED) is 0.854. The Hall–Kier alpha value is -1.92. The van der Waals surface area contributed by atoms with Crippen LogP contribution in [0.4, 0.5) is 11.4 Å². The molecule has 2 heterocycles. The number of hydrogen-bond acceptors (Lipinski definition) is 4. The van der Waals surface area contributed by atoms with E-state index < -0.39 is 0 Å². The van der Waals surface area contributed by atoms with Crippen LogP contribution in [0, 0.1) is 0 Å². The van der Waals surface area contributed by atoms with Crippen LogP contribution in [0.2, 0.25) is 0 Å². The number of ether oxygens (including phenoxy) is 1. The molecule has 114 valence electrons. The third kappa shape index (κ3) is 3.45. The standard InChI is InChI=1S/C16H16BrN3O2/c17-15-14(2-1-7-18-15)16(21)19-12-3-5-13(6-4-12)20-8-10-22-11-9-20/h1-7H,8-11H2,(H,19,21). The first-order valence-electron chi connectivity index (χ1n) is 7.09. The van der Waals surface area contributed by atoms with Gasteiger partial charge in [0.25, 0.3) is 5.91 Å².